The zero-order valence-corrected chi connectivity index (χ0v) is 12.1. The number of carbonyl (C=O) groups is 1. The Bertz CT molecular complexity index is 683. The minimum absolute atomic E-state index is 0.175. The van der Waals surface area contributed by atoms with Crippen LogP contribution in [0.4, 0.5) is 0 Å². The minimum atomic E-state index is -0.953. The van der Waals surface area contributed by atoms with E-state index in [1.807, 2.05) is 20.8 Å². The van der Waals surface area contributed by atoms with Crippen molar-refractivity contribution in [3.05, 3.63) is 22.0 Å². The van der Waals surface area contributed by atoms with E-state index in [9.17, 15) is 9.90 Å². The third-order valence-corrected chi connectivity index (χ3v) is 4.62. The van der Waals surface area contributed by atoms with Gasteiger partial charge in [-0.3, -0.25) is 0 Å². The molecule has 19 heavy (non-hydrogen) atoms. The maximum absolute atomic E-state index is 11.5. The van der Waals surface area contributed by atoms with Gasteiger partial charge in [0, 0.05) is 15.7 Å². The van der Waals surface area contributed by atoms with Gasteiger partial charge in [-0.2, -0.15) is 0 Å². The number of fused-ring (bicyclic) bond motifs is 3. The van der Waals surface area contributed by atoms with E-state index in [4.69, 9.17) is 0 Å². The Morgan fingerprint density at radius 2 is 2.00 bits per heavy atom. The van der Waals surface area contributed by atoms with Crippen LogP contribution in [0.3, 0.4) is 0 Å². The maximum atomic E-state index is 11.5. The average Bonchev–Trinajstić information content (AvgIpc) is 2.85. The van der Waals surface area contributed by atoms with Crippen molar-refractivity contribution in [2.45, 2.75) is 45.4 Å². The second-order valence-electron chi connectivity index (χ2n) is 5.99. The molecule has 100 valence electrons. The molecule has 0 spiro atoms. The third-order valence-electron chi connectivity index (χ3n) is 3.44. The Kier molecular flexibility index (Phi) is 2.64. The topological polar surface area (TPSA) is 63.1 Å². The predicted octanol–water partition coefficient (Wildman–Crippen LogP) is 3.18. The Labute approximate surface area is 115 Å². The fourth-order valence-electron chi connectivity index (χ4n) is 2.49. The van der Waals surface area contributed by atoms with Crippen LogP contribution in [-0.2, 0) is 18.3 Å². The lowest BCUT2D eigenvalue weighted by Crippen LogP contribution is -2.18. The van der Waals surface area contributed by atoms with Crippen molar-refractivity contribution in [1.29, 1.82) is 0 Å². The molecule has 1 N–H and O–H groups in total. The lowest BCUT2D eigenvalue weighted by Gasteiger charge is -2.17. The zero-order valence-electron chi connectivity index (χ0n) is 11.3. The molecule has 2 aromatic heterocycles. The summed E-state index contributed by atoms with van der Waals surface area (Å²) in [6, 6.07) is 0. The van der Waals surface area contributed by atoms with Gasteiger partial charge in [0.25, 0.3) is 0 Å². The van der Waals surface area contributed by atoms with Crippen LogP contribution in [0.2, 0.25) is 0 Å². The SMILES string of the molecule is CC(C)(C)c1nc(C(=O)O)c2c3c(sc2n1)CCC3. The zero-order chi connectivity index (χ0) is 13.8. The van der Waals surface area contributed by atoms with E-state index in [0.717, 1.165) is 35.0 Å². The molecule has 0 saturated carbocycles. The van der Waals surface area contributed by atoms with Crippen LogP contribution >= 0.6 is 11.3 Å². The van der Waals surface area contributed by atoms with Crippen molar-refractivity contribution in [2.75, 3.05) is 0 Å². The fraction of sp³-hybridized carbons (Fsp3) is 0.500. The summed E-state index contributed by atoms with van der Waals surface area (Å²) >= 11 is 1.63. The average molecular weight is 276 g/mol. The number of aromatic carboxylic acids is 1. The van der Waals surface area contributed by atoms with Crippen molar-refractivity contribution >= 4 is 27.5 Å². The summed E-state index contributed by atoms with van der Waals surface area (Å²) in [4.78, 5) is 22.5. The van der Waals surface area contributed by atoms with Crippen LogP contribution in [0.5, 0.6) is 0 Å². The molecule has 0 saturated heterocycles. The van der Waals surface area contributed by atoms with Gasteiger partial charge in [-0.25, -0.2) is 14.8 Å². The molecular weight excluding hydrogens is 260 g/mol. The highest BCUT2D eigenvalue weighted by Crippen LogP contribution is 2.38. The van der Waals surface area contributed by atoms with Crippen molar-refractivity contribution in [1.82, 2.24) is 9.97 Å². The molecule has 2 heterocycles. The molecule has 0 aromatic carbocycles. The molecule has 0 amide bonds. The van der Waals surface area contributed by atoms with E-state index in [1.54, 1.807) is 11.3 Å². The van der Waals surface area contributed by atoms with Crippen LogP contribution in [0.15, 0.2) is 0 Å². The second kappa shape index (κ2) is 4.00. The summed E-state index contributed by atoms with van der Waals surface area (Å²) in [5, 5.41) is 10.2. The van der Waals surface area contributed by atoms with Crippen LogP contribution in [0, 0.1) is 0 Å². The number of carboxylic acid groups (broad SMARTS) is 1. The fourth-order valence-corrected chi connectivity index (χ4v) is 3.75. The van der Waals surface area contributed by atoms with Crippen LogP contribution in [0.25, 0.3) is 10.2 Å². The minimum Gasteiger partial charge on any atom is -0.476 e. The van der Waals surface area contributed by atoms with Gasteiger partial charge < -0.3 is 5.11 Å². The Hall–Kier alpha value is -1.49. The molecule has 0 fully saturated rings. The summed E-state index contributed by atoms with van der Waals surface area (Å²) < 4.78 is 0. The predicted molar refractivity (Wildman–Crippen MR) is 75.1 cm³/mol. The van der Waals surface area contributed by atoms with Gasteiger partial charge in [-0.1, -0.05) is 20.8 Å². The number of thiophene rings is 1. The molecule has 0 aliphatic heterocycles. The van der Waals surface area contributed by atoms with E-state index in [2.05, 4.69) is 9.97 Å². The molecule has 1 aliphatic rings. The molecule has 4 nitrogen and oxygen atoms in total. The molecule has 0 radical (unpaired) electrons. The largest absolute Gasteiger partial charge is 0.476 e. The van der Waals surface area contributed by atoms with Gasteiger partial charge in [0.1, 0.15) is 10.7 Å². The molecule has 2 aromatic rings. The van der Waals surface area contributed by atoms with Gasteiger partial charge in [0.05, 0.1) is 0 Å². The monoisotopic (exact) mass is 276 g/mol. The normalized spacial score (nSPS) is 14.9. The summed E-state index contributed by atoms with van der Waals surface area (Å²) in [6.07, 6.45) is 3.10. The van der Waals surface area contributed by atoms with Crippen molar-refractivity contribution in [2.24, 2.45) is 0 Å². The van der Waals surface area contributed by atoms with Crippen LogP contribution in [-0.4, -0.2) is 21.0 Å². The second-order valence-corrected chi connectivity index (χ2v) is 7.07. The van der Waals surface area contributed by atoms with Crippen molar-refractivity contribution in [3.8, 4) is 0 Å². The van der Waals surface area contributed by atoms with Gasteiger partial charge >= 0.3 is 5.97 Å². The lowest BCUT2D eigenvalue weighted by molar-refractivity contribution is 0.0692. The number of rotatable bonds is 1. The molecule has 5 heteroatoms. The number of hydrogen-bond acceptors (Lipinski definition) is 4. The maximum Gasteiger partial charge on any atom is 0.355 e. The summed E-state index contributed by atoms with van der Waals surface area (Å²) in [5.74, 6) is -0.345. The van der Waals surface area contributed by atoms with Gasteiger partial charge in [0.2, 0.25) is 0 Å². The molecule has 3 rings (SSSR count). The smallest absolute Gasteiger partial charge is 0.355 e. The highest BCUT2D eigenvalue weighted by Gasteiger charge is 2.27. The first-order valence-corrected chi connectivity index (χ1v) is 7.25. The quantitative estimate of drug-likeness (QED) is 0.869. The lowest BCUT2D eigenvalue weighted by atomic mass is 9.95. The molecule has 1 aliphatic carbocycles. The van der Waals surface area contributed by atoms with Crippen LogP contribution in [0.1, 0.15) is 53.9 Å². The third kappa shape index (κ3) is 1.92. The highest BCUT2D eigenvalue weighted by atomic mass is 32.1. The van der Waals surface area contributed by atoms with E-state index in [-0.39, 0.29) is 11.1 Å². The Morgan fingerprint density at radius 1 is 1.26 bits per heavy atom. The van der Waals surface area contributed by atoms with Gasteiger partial charge in [-0.05, 0) is 24.8 Å². The van der Waals surface area contributed by atoms with Crippen LogP contribution < -0.4 is 0 Å². The summed E-state index contributed by atoms with van der Waals surface area (Å²) in [5.41, 5.74) is 1.10. The van der Waals surface area contributed by atoms with E-state index < -0.39 is 5.97 Å². The first kappa shape index (κ1) is 12.5. The Morgan fingerprint density at radius 3 is 2.63 bits per heavy atom. The van der Waals surface area contributed by atoms with E-state index in [1.165, 1.54) is 4.88 Å². The number of aryl methyl sites for hydroxylation is 2. The number of carboxylic acids is 1. The van der Waals surface area contributed by atoms with Crippen molar-refractivity contribution in [3.63, 3.8) is 0 Å². The van der Waals surface area contributed by atoms with Gasteiger partial charge in [0.15, 0.2) is 5.69 Å². The van der Waals surface area contributed by atoms with Crippen molar-refractivity contribution < 1.29 is 9.90 Å². The van der Waals surface area contributed by atoms with E-state index in [0.29, 0.717) is 5.82 Å². The molecule has 0 unspecified atom stereocenters. The summed E-state index contributed by atoms with van der Waals surface area (Å²) in [7, 11) is 0. The first-order chi connectivity index (χ1) is 8.88. The number of nitrogens with zero attached hydrogens (tertiary/aromatic N) is 2. The first-order valence-electron chi connectivity index (χ1n) is 6.44. The van der Waals surface area contributed by atoms with Gasteiger partial charge in [-0.15, -0.1) is 11.3 Å². The Balaban J connectivity index is 2.36. The molecule has 0 bridgehead atoms. The number of aromatic nitrogens is 2. The number of hydrogen-bond donors (Lipinski definition) is 1. The standard InChI is InChI=1S/C14H16N2O2S/c1-14(2,3)13-15-10(12(17)18)9-7-5-4-6-8(7)19-11(9)16-13/h4-6H2,1-3H3,(H,17,18). The molecule has 0 atom stereocenters. The summed E-state index contributed by atoms with van der Waals surface area (Å²) in [6.45, 7) is 6.00. The molecular formula is C14H16N2O2S. The van der Waals surface area contributed by atoms with E-state index >= 15 is 0 Å². The highest BCUT2D eigenvalue weighted by molar-refractivity contribution is 7.19.